The van der Waals surface area contributed by atoms with Gasteiger partial charge in [-0.25, -0.2) is 4.79 Å². The second-order valence-electron chi connectivity index (χ2n) is 2.89. The van der Waals surface area contributed by atoms with E-state index in [-0.39, 0.29) is 5.56 Å². The van der Waals surface area contributed by atoms with E-state index in [1.54, 1.807) is 24.3 Å². The van der Waals surface area contributed by atoms with Crippen LogP contribution in [0.3, 0.4) is 0 Å². The number of alkyl halides is 1. The molecule has 0 bridgehead atoms. The molecule has 0 atom stereocenters. The normalized spacial score (nSPS) is 10.8. The van der Waals surface area contributed by atoms with E-state index in [0.29, 0.717) is 22.9 Å². The molecule has 0 radical (unpaired) electrons. The third-order valence-corrected chi connectivity index (χ3v) is 2.39. The van der Waals surface area contributed by atoms with Gasteiger partial charge < -0.3 is 5.11 Å². The number of carboxylic acids is 1. The number of carbonyl (C=O) groups is 1. The van der Waals surface area contributed by atoms with Crippen LogP contribution in [0.15, 0.2) is 24.3 Å². The van der Waals surface area contributed by atoms with Crippen LogP contribution >= 0.6 is 23.2 Å². The first-order valence-corrected chi connectivity index (χ1v) is 5.32. The molecule has 1 aromatic rings. The number of allylic oxidation sites excluding steroid dienone is 1. The van der Waals surface area contributed by atoms with E-state index in [1.165, 1.54) is 6.07 Å². The van der Waals surface area contributed by atoms with Crippen LogP contribution < -0.4 is 0 Å². The van der Waals surface area contributed by atoms with Crippen molar-refractivity contribution < 1.29 is 9.90 Å². The third kappa shape index (κ3) is 3.26. The van der Waals surface area contributed by atoms with E-state index < -0.39 is 5.97 Å². The van der Waals surface area contributed by atoms with Crippen molar-refractivity contribution in [1.82, 2.24) is 0 Å². The zero-order chi connectivity index (χ0) is 11.3. The summed E-state index contributed by atoms with van der Waals surface area (Å²) in [6.45, 7) is 0. The molecule has 0 heterocycles. The van der Waals surface area contributed by atoms with Gasteiger partial charge in [-0.2, -0.15) is 0 Å². The summed E-state index contributed by atoms with van der Waals surface area (Å²) in [5, 5.41) is 9.36. The Labute approximate surface area is 98.1 Å². The lowest BCUT2D eigenvalue weighted by Gasteiger charge is -2.02. The lowest BCUT2D eigenvalue weighted by molar-refractivity contribution is 0.0696. The van der Waals surface area contributed by atoms with Crippen LogP contribution in [-0.4, -0.2) is 17.0 Å². The molecular weight excluding hydrogens is 235 g/mol. The fourth-order valence-corrected chi connectivity index (χ4v) is 1.52. The minimum Gasteiger partial charge on any atom is -0.478 e. The van der Waals surface area contributed by atoms with Crippen LogP contribution in [0.5, 0.6) is 0 Å². The summed E-state index contributed by atoms with van der Waals surface area (Å²) < 4.78 is 0. The molecule has 15 heavy (non-hydrogen) atoms. The van der Waals surface area contributed by atoms with Gasteiger partial charge in [-0.1, -0.05) is 29.8 Å². The van der Waals surface area contributed by atoms with E-state index in [1.807, 2.05) is 0 Å². The number of halogens is 2. The Morgan fingerprint density at radius 1 is 1.47 bits per heavy atom. The zero-order valence-electron chi connectivity index (χ0n) is 7.91. The van der Waals surface area contributed by atoms with E-state index in [0.717, 1.165) is 0 Å². The fraction of sp³-hybridized carbons (Fsp3) is 0.182. The van der Waals surface area contributed by atoms with Gasteiger partial charge >= 0.3 is 5.97 Å². The Balaban J connectivity index is 3.07. The SMILES string of the molecule is O=C(O)c1cccc(Cl)c1C=CCCCl. The van der Waals surface area contributed by atoms with Gasteiger partial charge in [0.25, 0.3) is 0 Å². The van der Waals surface area contributed by atoms with Gasteiger partial charge in [0.05, 0.1) is 5.56 Å². The van der Waals surface area contributed by atoms with Crippen LogP contribution in [-0.2, 0) is 0 Å². The molecule has 1 rings (SSSR count). The summed E-state index contributed by atoms with van der Waals surface area (Å²) in [6.07, 6.45) is 4.18. The summed E-state index contributed by atoms with van der Waals surface area (Å²) in [4.78, 5) is 10.9. The summed E-state index contributed by atoms with van der Waals surface area (Å²) in [5.74, 6) is -0.480. The lowest BCUT2D eigenvalue weighted by Crippen LogP contribution is -1.99. The molecule has 0 spiro atoms. The van der Waals surface area contributed by atoms with Gasteiger partial charge in [0, 0.05) is 16.5 Å². The summed E-state index contributed by atoms with van der Waals surface area (Å²) >= 11 is 11.4. The highest BCUT2D eigenvalue weighted by atomic mass is 35.5. The minimum absolute atomic E-state index is 0.202. The predicted octanol–water partition coefficient (Wildman–Crippen LogP) is 3.68. The molecule has 0 saturated carbocycles. The molecule has 4 heteroatoms. The topological polar surface area (TPSA) is 37.3 Å². The number of rotatable bonds is 4. The maximum atomic E-state index is 10.9. The van der Waals surface area contributed by atoms with Crippen molar-refractivity contribution in [1.29, 1.82) is 0 Å². The van der Waals surface area contributed by atoms with E-state index >= 15 is 0 Å². The molecule has 80 valence electrons. The highest BCUT2D eigenvalue weighted by molar-refractivity contribution is 6.32. The molecule has 0 aromatic heterocycles. The van der Waals surface area contributed by atoms with Gasteiger partial charge in [0.2, 0.25) is 0 Å². The van der Waals surface area contributed by atoms with Gasteiger partial charge in [0.1, 0.15) is 0 Å². The van der Waals surface area contributed by atoms with Crippen LogP contribution in [0.1, 0.15) is 22.3 Å². The Kier molecular flexibility index (Phi) is 4.66. The summed E-state index contributed by atoms with van der Waals surface area (Å²) in [5.41, 5.74) is 0.727. The second-order valence-corrected chi connectivity index (χ2v) is 3.67. The Morgan fingerprint density at radius 2 is 2.20 bits per heavy atom. The van der Waals surface area contributed by atoms with Gasteiger partial charge in [0.15, 0.2) is 0 Å². The maximum absolute atomic E-state index is 10.9. The van der Waals surface area contributed by atoms with Crippen molar-refractivity contribution in [3.8, 4) is 0 Å². The van der Waals surface area contributed by atoms with Gasteiger partial charge in [-0.3, -0.25) is 0 Å². The molecule has 2 nitrogen and oxygen atoms in total. The molecule has 0 saturated heterocycles. The van der Waals surface area contributed by atoms with Crippen molar-refractivity contribution in [3.63, 3.8) is 0 Å². The molecule has 1 N–H and O–H groups in total. The quantitative estimate of drug-likeness (QED) is 0.821. The minimum atomic E-state index is -0.983. The van der Waals surface area contributed by atoms with E-state index in [4.69, 9.17) is 28.3 Å². The Morgan fingerprint density at radius 3 is 2.80 bits per heavy atom. The lowest BCUT2D eigenvalue weighted by atomic mass is 10.1. The number of hydrogen-bond donors (Lipinski definition) is 1. The molecule has 0 unspecified atom stereocenters. The molecule has 0 amide bonds. The fourth-order valence-electron chi connectivity index (χ4n) is 1.16. The molecule has 0 aliphatic heterocycles. The average molecular weight is 245 g/mol. The van der Waals surface area contributed by atoms with Gasteiger partial charge in [-0.15, -0.1) is 11.6 Å². The molecule has 0 fully saturated rings. The van der Waals surface area contributed by atoms with Crippen LogP contribution in [0.4, 0.5) is 0 Å². The first-order valence-electron chi connectivity index (χ1n) is 4.41. The molecular formula is C11H10Cl2O2. The van der Waals surface area contributed by atoms with Gasteiger partial charge in [-0.05, 0) is 18.6 Å². The van der Waals surface area contributed by atoms with Crippen molar-refractivity contribution in [2.24, 2.45) is 0 Å². The summed E-state index contributed by atoms with van der Waals surface area (Å²) in [7, 11) is 0. The summed E-state index contributed by atoms with van der Waals surface area (Å²) in [6, 6.07) is 4.80. The predicted molar refractivity (Wildman–Crippen MR) is 62.8 cm³/mol. The molecule has 1 aromatic carbocycles. The standard InChI is InChI=1S/C11H10Cl2O2/c12-7-2-1-4-8-9(11(14)15)5-3-6-10(8)13/h1,3-6H,2,7H2,(H,14,15). The Hall–Kier alpha value is -0.990. The third-order valence-electron chi connectivity index (χ3n) is 1.84. The number of carboxylic acid groups (broad SMARTS) is 1. The van der Waals surface area contributed by atoms with E-state index in [9.17, 15) is 4.79 Å². The molecule has 0 aliphatic rings. The molecule has 0 aliphatic carbocycles. The highest BCUT2D eigenvalue weighted by Gasteiger charge is 2.09. The number of benzene rings is 1. The average Bonchev–Trinajstić information content (AvgIpc) is 2.20. The van der Waals surface area contributed by atoms with Crippen molar-refractivity contribution in [2.75, 3.05) is 5.88 Å². The second kappa shape index (κ2) is 5.79. The van der Waals surface area contributed by atoms with Crippen molar-refractivity contribution in [3.05, 3.63) is 40.4 Å². The van der Waals surface area contributed by atoms with E-state index in [2.05, 4.69) is 0 Å². The monoisotopic (exact) mass is 244 g/mol. The number of aromatic carboxylic acids is 1. The van der Waals surface area contributed by atoms with Crippen LogP contribution in [0.2, 0.25) is 5.02 Å². The highest BCUT2D eigenvalue weighted by Crippen LogP contribution is 2.21. The first-order chi connectivity index (χ1) is 7.16. The van der Waals surface area contributed by atoms with Crippen molar-refractivity contribution in [2.45, 2.75) is 6.42 Å². The van der Waals surface area contributed by atoms with Crippen LogP contribution in [0, 0.1) is 0 Å². The largest absolute Gasteiger partial charge is 0.478 e. The maximum Gasteiger partial charge on any atom is 0.336 e. The first kappa shape index (κ1) is 12.1. The zero-order valence-corrected chi connectivity index (χ0v) is 9.42. The van der Waals surface area contributed by atoms with Crippen LogP contribution in [0.25, 0.3) is 6.08 Å². The smallest absolute Gasteiger partial charge is 0.336 e. The van der Waals surface area contributed by atoms with Crippen molar-refractivity contribution >= 4 is 35.2 Å². The number of hydrogen-bond acceptors (Lipinski definition) is 1. The Bertz CT molecular complexity index is 386.